The normalized spacial score (nSPS) is 10.9. The second kappa shape index (κ2) is 9.59. The summed E-state index contributed by atoms with van der Waals surface area (Å²) >= 11 is 3.46. The van der Waals surface area contributed by atoms with Crippen LogP contribution in [0.5, 0.6) is 11.5 Å². The van der Waals surface area contributed by atoms with Gasteiger partial charge in [0, 0.05) is 5.56 Å². The fourth-order valence-corrected chi connectivity index (χ4v) is 2.82. The molecule has 150 valence electrons. The van der Waals surface area contributed by atoms with Crippen LogP contribution in [0.25, 0.3) is 0 Å². The zero-order valence-electron chi connectivity index (χ0n) is 16.5. The summed E-state index contributed by atoms with van der Waals surface area (Å²) in [5.74, 6) is 0.346. The van der Waals surface area contributed by atoms with Gasteiger partial charge in [-0.3, -0.25) is 20.4 Å². The van der Waals surface area contributed by atoms with Crippen molar-refractivity contribution < 1.29 is 19.1 Å². The Bertz CT molecular complexity index is 829. The monoisotopic (exact) mass is 448 g/mol. The predicted octanol–water partition coefficient (Wildman–Crippen LogP) is 3.99. The number of ether oxygens (including phenoxy) is 2. The standard InChI is InChI=1S/C21H25BrN2O4/c1-5-27-16-9-6-14(7-10-16)20(26)24-23-19(25)13-28-18-11-8-15(12-17(18)22)21(2,3)4/h6-12H,5,13H2,1-4H3,(H,23,25)(H,24,26). The average molecular weight is 449 g/mol. The van der Waals surface area contributed by atoms with Crippen molar-refractivity contribution in [3.05, 3.63) is 58.1 Å². The van der Waals surface area contributed by atoms with E-state index in [0.29, 0.717) is 23.7 Å². The van der Waals surface area contributed by atoms with E-state index in [9.17, 15) is 9.59 Å². The zero-order valence-corrected chi connectivity index (χ0v) is 18.1. The van der Waals surface area contributed by atoms with Crippen LogP contribution in [0.4, 0.5) is 0 Å². The molecular formula is C21H25BrN2O4. The molecule has 6 nitrogen and oxygen atoms in total. The molecule has 2 aromatic carbocycles. The van der Waals surface area contributed by atoms with Gasteiger partial charge < -0.3 is 9.47 Å². The van der Waals surface area contributed by atoms with Crippen LogP contribution in [0.3, 0.4) is 0 Å². The van der Waals surface area contributed by atoms with Gasteiger partial charge >= 0.3 is 0 Å². The lowest BCUT2D eigenvalue weighted by Crippen LogP contribution is -2.43. The smallest absolute Gasteiger partial charge is 0.276 e. The van der Waals surface area contributed by atoms with Gasteiger partial charge in [-0.1, -0.05) is 26.8 Å². The molecule has 2 N–H and O–H groups in total. The molecule has 0 atom stereocenters. The molecule has 0 saturated heterocycles. The minimum Gasteiger partial charge on any atom is -0.494 e. The highest BCUT2D eigenvalue weighted by molar-refractivity contribution is 9.10. The Kier molecular flexibility index (Phi) is 7.45. The largest absolute Gasteiger partial charge is 0.494 e. The molecule has 2 aromatic rings. The van der Waals surface area contributed by atoms with Gasteiger partial charge in [0.15, 0.2) is 6.61 Å². The number of benzene rings is 2. The molecule has 0 bridgehead atoms. The lowest BCUT2D eigenvalue weighted by molar-refractivity contribution is -0.123. The molecule has 0 aliphatic carbocycles. The van der Waals surface area contributed by atoms with Crippen LogP contribution < -0.4 is 20.3 Å². The number of halogens is 1. The summed E-state index contributed by atoms with van der Waals surface area (Å²) in [7, 11) is 0. The SMILES string of the molecule is CCOc1ccc(C(=O)NNC(=O)COc2ccc(C(C)(C)C)cc2Br)cc1. The van der Waals surface area contributed by atoms with E-state index in [1.165, 1.54) is 0 Å². The van der Waals surface area contributed by atoms with Crippen molar-refractivity contribution in [3.8, 4) is 11.5 Å². The quantitative estimate of drug-likeness (QED) is 0.655. The first-order chi connectivity index (χ1) is 13.2. The Morgan fingerprint density at radius 3 is 2.25 bits per heavy atom. The van der Waals surface area contributed by atoms with E-state index in [4.69, 9.17) is 9.47 Å². The van der Waals surface area contributed by atoms with Crippen LogP contribution in [-0.2, 0) is 10.2 Å². The summed E-state index contributed by atoms with van der Waals surface area (Å²) in [5, 5.41) is 0. The molecule has 0 aliphatic rings. The predicted molar refractivity (Wildman–Crippen MR) is 112 cm³/mol. The minimum atomic E-state index is -0.467. The topological polar surface area (TPSA) is 76.7 Å². The maximum absolute atomic E-state index is 12.1. The Hall–Kier alpha value is -2.54. The van der Waals surface area contributed by atoms with E-state index in [1.54, 1.807) is 24.3 Å². The molecule has 0 spiro atoms. The summed E-state index contributed by atoms with van der Waals surface area (Å²) in [6, 6.07) is 12.4. The van der Waals surface area contributed by atoms with Gasteiger partial charge in [0.2, 0.25) is 0 Å². The number of hydrogen-bond donors (Lipinski definition) is 2. The van der Waals surface area contributed by atoms with Crippen LogP contribution in [-0.4, -0.2) is 25.0 Å². The highest BCUT2D eigenvalue weighted by atomic mass is 79.9. The second-order valence-corrected chi connectivity index (χ2v) is 8.00. The lowest BCUT2D eigenvalue weighted by Gasteiger charge is -2.20. The summed E-state index contributed by atoms with van der Waals surface area (Å²) in [6.07, 6.45) is 0. The molecule has 0 aromatic heterocycles. The Labute approximate surface area is 173 Å². The van der Waals surface area contributed by atoms with Crippen LogP contribution in [0, 0.1) is 0 Å². The summed E-state index contributed by atoms with van der Waals surface area (Å²) in [5.41, 5.74) is 6.27. The van der Waals surface area contributed by atoms with Gasteiger partial charge in [-0.2, -0.15) is 0 Å². The third kappa shape index (κ3) is 6.27. The van der Waals surface area contributed by atoms with E-state index in [0.717, 1.165) is 10.0 Å². The molecule has 0 unspecified atom stereocenters. The third-order valence-electron chi connectivity index (χ3n) is 3.90. The van der Waals surface area contributed by atoms with Crippen LogP contribution in [0.1, 0.15) is 43.6 Å². The van der Waals surface area contributed by atoms with Crippen LogP contribution in [0.15, 0.2) is 46.9 Å². The van der Waals surface area contributed by atoms with Gasteiger partial charge in [-0.15, -0.1) is 0 Å². The molecule has 0 saturated carbocycles. The first-order valence-electron chi connectivity index (χ1n) is 8.95. The van der Waals surface area contributed by atoms with E-state index in [1.807, 2.05) is 25.1 Å². The van der Waals surface area contributed by atoms with E-state index < -0.39 is 11.8 Å². The van der Waals surface area contributed by atoms with Gasteiger partial charge in [0.1, 0.15) is 11.5 Å². The van der Waals surface area contributed by atoms with E-state index in [2.05, 4.69) is 47.6 Å². The average Bonchev–Trinajstić information content (AvgIpc) is 2.65. The third-order valence-corrected chi connectivity index (χ3v) is 4.52. The molecule has 0 fully saturated rings. The van der Waals surface area contributed by atoms with Crippen molar-refractivity contribution in [3.63, 3.8) is 0 Å². The highest BCUT2D eigenvalue weighted by Crippen LogP contribution is 2.31. The molecule has 7 heteroatoms. The number of carbonyl (C=O) groups is 2. The van der Waals surface area contributed by atoms with Crippen molar-refractivity contribution in [2.75, 3.05) is 13.2 Å². The Morgan fingerprint density at radius 1 is 1.00 bits per heavy atom. The van der Waals surface area contributed by atoms with Crippen molar-refractivity contribution in [2.24, 2.45) is 0 Å². The number of hydrogen-bond acceptors (Lipinski definition) is 4. The van der Waals surface area contributed by atoms with Crippen molar-refractivity contribution in [1.82, 2.24) is 10.9 Å². The lowest BCUT2D eigenvalue weighted by atomic mass is 9.87. The number of amides is 2. The van der Waals surface area contributed by atoms with Crippen molar-refractivity contribution >= 4 is 27.7 Å². The summed E-state index contributed by atoms with van der Waals surface area (Å²) < 4.78 is 11.6. The van der Waals surface area contributed by atoms with E-state index in [-0.39, 0.29) is 12.0 Å². The van der Waals surface area contributed by atoms with Gasteiger partial charge in [-0.25, -0.2) is 0 Å². The van der Waals surface area contributed by atoms with Gasteiger partial charge in [0.05, 0.1) is 11.1 Å². The van der Waals surface area contributed by atoms with Gasteiger partial charge in [0.25, 0.3) is 11.8 Å². The fourth-order valence-electron chi connectivity index (χ4n) is 2.33. The Morgan fingerprint density at radius 2 is 1.68 bits per heavy atom. The summed E-state index contributed by atoms with van der Waals surface area (Å²) in [6.45, 7) is 8.57. The number of nitrogens with one attached hydrogen (secondary N) is 2. The molecule has 0 heterocycles. The first kappa shape index (κ1) is 21.8. The maximum Gasteiger partial charge on any atom is 0.276 e. The van der Waals surface area contributed by atoms with Crippen LogP contribution in [0.2, 0.25) is 0 Å². The second-order valence-electron chi connectivity index (χ2n) is 7.14. The van der Waals surface area contributed by atoms with Crippen molar-refractivity contribution in [2.45, 2.75) is 33.1 Å². The molecule has 28 heavy (non-hydrogen) atoms. The highest BCUT2D eigenvalue weighted by Gasteiger charge is 2.16. The molecular weight excluding hydrogens is 424 g/mol. The molecule has 0 radical (unpaired) electrons. The molecule has 2 amide bonds. The van der Waals surface area contributed by atoms with E-state index >= 15 is 0 Å². The Balaban J connectivity index is 1.83. The maximum atomic E-state index is 12.1. The number of carbonyl (C=O) groups excluding carboxylic acids is 2. The fraction of sp³-hybridized carbons (Fsp3) is 0.333. The van der Waals surface area contributed by atoms with Crippen LogP contribution >= 0.6 is 15.9 Å². The number of rotatable bonds is 6. The first-order valence-corrected chi connectivity index (χ1v) is 9.75. The van der Waals surface area contributed by atoms with Crippen molar-refractivity contribution in [1.29, 1.82) is 0 Å². The summed E-state index contributed by atoms with van der Waals surface area (Å²) in [4.78, 5) is 24.0. The van der Waals surface area contributed by atoms with Gasteiger partial charge in [-0.05, 0) is 70.2 Å². The molecule has 2 rings (SSSR count). The molecule has 0 aliphatic heterocycles. The minimum absolute atomic E-state index is 0.0174. The number of hydrazine groups is 1. The zero-order chi connectivity index (χ0) is 20.7.